The summed E-state index contributed by atoms with van der Waals surface area (Å²) in [5, 5.41) is 9.24. The normalized spacial score (nSPS) is 18.3. The SMILES string of the molecule is COc1cc(-c2ccc(C#N)cn2)cc(Cl)c1C1C(=O)CC2(CCN(C(C)=O)CC2)CC1=O. The van der Waals surface area contributed by atoms with Gasteiger partial charge in [0.2, 0.25) is 5.91 Å². The second-order valence-electron chi connectivity index (χ2n) is 8.84. The van der Waals surface area contributed by atoms with Crippen LogP contribution in [-0.2, 0) is 14.4 Å². The molecule has 1 spiro atoms. The molecule has 1 aliphatic heterocycles. The van der Waals surface area contributed by atoms with Gasteiger partial charge < -0.3 is 9.64 Å². The summed E-state index contributed by atoms with van der Waals surface area (Å²) in [6, 6.07) is 8.77. The van der Waals surface area contributed by atoms with E-state index in [0.29, 0.717) is 54.1 Å². The molecule has 0 bridgehead atoms. The van der Waals surface area contributed by atoms with Crippen LogP contribution < -0.4 is 4.74 Å². The Morgan fingerprint density at radius 3 is 2.39 bits per heavy atom. The summed E-state index contributed by atoms with van der Waals surface area (Å²) in [6.07, 6.45) is 3.33. The van der Waals surface area contributed by atoms with E-state index in [-0.39, 0.29) is 40.8 Å². The molecule has 0 N–H and O–H groups in total. The molecule has 8 heteroatoms. The van der Waals surface area contributed by atoms with Crippen LogP contribution in [0.2, 0.25) is 5.02 Å². The Morgan fingerprint density at radius 1 is 1.21 bits per heavy atom. The number of amides is 1. The lowest BCUT2D eigenvalue weighted by Gasteiger charge is -2.44. The number of methoxy groups -OCH3 is 1. The van der Waals surface area contributed by atoms with E-state index in [0.717, 1.165) is 0 Å². The Hall–Kier alpha value is -3.24. The fourth-order valence-electron chi connectivity index (χ4n) is 4.98. The number of pyridine rings is 1. The molecule has 0 unspecified atom stereocenters. The van der Waals surface area contributed by atoms with Crippen molar-refractivity contribution in [3.8, 4) is 23.1 Å². The van der Waals surface area contributed by atoms with E-state index >= 15 is 0 Å². The lowest BCUT2D eigenvalue weighted by molar-refractivity contribution is -0.139. The van der Waals surface area contributed by atoms with Crippen molar-refractivity contribution in [2.24, 2.45) is 5.41 Å². The van der Waals surface area contributed by atoms with Gasteiger partial charge in [0.05, 0.1) is 18.4 Å². The third-order valence-electron chi connectivity index (χ3n) is 6.80. The lowest BCUT2D eigenvalue weighted by Crippen LogP contribution is -2.47. The monoisotopic (exact) mass is 465 g/mol. The highest BCUT2D eigenvalue weighted by molar-refractivity contribution is 6.33. The highest BCUT2D eigenvalue weighted by Crippen LogP contribution is 2.48. The van der Waals surface area contributed by atoms with Crippen LogP contribution in [0.1, 0.15) is 49.7 Å². The largest absolute Gasteiger partial charge is 0.496 e. The summed E-state index contributed by atoms with van der Waals surface area (Å²) in [4.78, 5) is 44.3. The van der Waals surface area contributed by atoms with Gasteiger partial charge in [-0.3, -0.25) is 19.4 Å². The van der Waals surface area contributed by atoms with Crippen LogP contribution in [0.5, 0.6) is 5.75 Å². The van der Waals surface area contributed by atoms with E-state index in [1.165, 1.54) is 20.2 Å². The average Bonchev–Trinajstić information content (AvgIpc) is 2.79. The van der Waals surface area contributed by atoms with Crippen LogP contribution in [0.25, 0.3) is 11.3 Å². The molecule has 2 aromatic rings. The first-order valence-corrected chi connectivity index (χ1v) is 11.2. The van der Waals surface area contributed by atoms with E-state index in [2.05, 4.69) is 4.98 Å². The number of rotatable bonds is 3. The summed E-state index contributed by atoms with van der Waals surface area (Å²) in [5.41, 5.74) is 1.70. The number of benzene rings is 1. The number of ether oxygens (including phenoxy) is 1. The van der Waals surface area contributed by atoms with Gasteiger partial charge in [0.15, 0.2) is 0 Å². The summed E-state index contributed by atoms with van der Waals surface area (Å²) in [7, 11) is 1.47. The molecule has 2 heterocycles. The highest BCUT2D eigenvalue weighted by atomic mass is 35.5. The van der Waals surface area contributed by atoms with Crippen LogP contribution >= 0.6 is 11.6 Å². The molecule has 1 amide bonds. The molecule has 7 nitrogen and oxygen atoms in total. The number of ketones is 2. The van der Waals surface area contributed by atoms with Crippen molar-refractivity contribution in [1.82, 2.24) is 9.88 Å². The zero-order valence-electron chi connectivity index (χ0n) is 18.6. The Balaban J connectivity index is 1.62. The minimum atomic E-state index is -0.966. The van der Waals surface area contributed by atoms with Crippen molar-refractivity contribution in [1.29, 1.82) is 5.26 Å². The third-order valence-corrected chi connectivity index (χ3v) is 7.11. The fourth-order valence-corrected chi connectivity index (χ4v) is 5.30. The molecular weight excluding hydrogens is 442 g/mol. The predicted octanol–water partition coefficient (Wildman–Crippen LogP) is 3.93. The third kappa shape index (κ3) is 4.36. The molecule has 4 rings (SSSR count). The van der Waals surface area contributed by atoms with Gasteiger partial charge in [-0.1, -0.05) is 11.6 Å². The van der Waals surface area contributed by atoms with Gasteiger partial charge in [0.1, 0.15) is 29.3 Å². The van der Waals surface area contributed by atoms with E-state index in [1.54, 1.807) is 29.2 Å². The molecule has 33 heavy (non-hydrogen) atoms. The standard InChI is InChI=1S/C25H24ClN3O4/c1-15(30)29-7-5-25(6-8-29)11-20(31)24(21(32)12-25)23-18(26)9-17(10-22(23)33-2)19-4-3-16(13-27)14-28-19/h3-4,9-10,14,24H,5-8,11-12H2,1-2H3. The van der Waals surface area contributed by atoms with Gasteiger partial charge in [-0.15, -0.1) is 0 Å². The number of carbonyl (C=O) groups excluding carboxylic acids is 3. The number of halogens is 1. The topological polar surface area (TPSA) is 100 Å². The second-order valence-corrected chi connectivity index (χ2v) is 9.25. The molecule has 0 radical (unpaired) electrons. The minimum absolute atomic E-state index is 0.0181. The summed E-state index contributed by atoms with van der Waals surface area (Å²) in [6.45, 7) is 2.67. The first-order chi connectivity index (χ1) is 15.8. The number of nitrogens with zero attached hydrogens (tertiary/aromatic N) is 3. The van der Waals surface area contributed by atoms with Gasteiger partial charge >= 0.3 is 0 Å². The van der Waals surface area contributed by atoms with Crippen molar-refractivity contribution in [2.45, 2.75) is 38.5 Å². The first kappa shape index (κ1) is 22.9. The molecule has 0 atom stereocenters. The van der Waals surface area contributed by atoms with Crippen LogP contribution in [0.15, 0.2) is 30.5 Å². The van der Waals surface area contributed by atoms with Gasteiger partial charge in [-0.2, -0.15) is 5.26 Å². The number of likely N-dealkylation sites (tertiary alicyclic amines) is 1. The Bertz CT molecular complexity index is 1140. The molecule has 1 aromatic carbocycles. The molecular formula is C25H24ClN3O4. The molecule has 1 saturated heterocycles. The minimum Gasteiger partial charge on any atom is -0.496 e. The van der Waals surface area contributed by atoms with Crippen LogP contribution in [0, 0.1) is 16.7 Å². The van der Waals surface area contributed by atoms with Crippen molar-refractivity contribution in [3.05, 3.63) is 46.6 Å². The molecule has 170 valence electrons. The lowest BCUT2D eigenvalue weighted by atomic mass is 9.63. The van der Waals surface area contributed by atoms with E-state index < -0.39 is 5.92 Å². The maximum Gasteiger partial charge on any atom is 0.219 e. The smallest absolute Gasteiger partial charge is 0.219 e. The molecule has 1 saturated carbocycles. The summed E-state index contributed by atoms with van der Waals surface area (Å²) in [5.74, 6) is -0.909. The fraction of sp³-hybridized carbons (Fsp3) is 0.400. The predicted molar refractivity (Wildman–Crippen MR) is 122 cm³/mol. The molecule has 2 fully saturated rings. The Kier molecular flexibility index (Phi) is 6.22. The maximum atomic E-state index is 13.3. The molecule has 1 aromatic heterocycles. The Morgan fingerprint density at radius 2 is 1.88 bits per heavy atom. The number of Topliss-reactive ketones (excluding diaryl/α,β-unsaturated/α-hetero) is 2. The number of piperidine rings is 1. The maximum absolute atomic E-state index is 13.3. The van der Waals surface area contributed by atoms with Gasteiger partial charge in [0, 0.05) is 55.2 Å². The summed E-state index contributed by atoms with van der Waals surface area (Å²) < 4.78 is 5.55. The number of hydrogen-bond acceptors (Lipinski definition) is 6. The Labute approximate surface area is 197 Å². The number of carbonyl (C=O) groups is 3. The summed E-state index contributed by atoms with van der Waals surface area (Å²) >= 11 is 6.61. The van der Waals surface area contributed by atoms with Crippen molar-refractivity contribution < 1.29 is 19.1 Å². The number of aromatic nitrogens is 1. The van der Waals surface area contributed by atoms with Gasteiger partial charge in [-0.05, 0) is 42.5 Å². The zero-order valence-corrected chi connectivity index (χ0v) is 19.3. The van der Waals surface area contributed by atoms with Crippen molar-refractivity contribution in [3.63, 3.8) is 0 Å². The molecule has 1 aliphatic carbocycles. The second kappa shape index (κ2) is 8.95. The van der Waals surface area contributed by atoms with Gasteiger partial charge in [-0.25, -0.2) is 0 Å². The average molecular weight is 466 g/mol. The quantitative estimate of drug-likeness (QED) is 0.637. The van der Waals surface area contributed by atoms with Crippen LogP contribution in [0.3, 0.4) is 0 Å². The van der Waals surface area contributed by atoms with Crippen LogP contribution in [-0.4, -0.2) is 47.6 Å². The van der Waals surface area contributed by atoms with E-state index in [9.17, 15) is 14.4 Å². The van der Waals surface area contributed by atoms with E-state index in [4.69, 9.17) is 21.6 Å². The highest BCUT2D eigenvalue weighted by Gasteiger charge is 2.48. The zero-order chi connectivity index (χ0) is 23.8. The van der Waals surface area contributed by atoms with Crippen LogP contribution in [0.4, 0.5) is 0 Å². The number of nitriles is 1. The van der Waals surface area contributed by atoms with Crippen molar-refractivity contribution >= 4 is 29.1 Å². The first-order valence-electron chi connectivity index (χ1n) is 10.8. The molecule has 2 aliphatic rings. The number of hydrogen-bond donors (Lipinski definition) is 0. The van der Waals surface area contributed by atoms with E-state index in [1.807, 2.05) is 6.07 Å². The van der Waals surface area contributed by atoms with Gasteiger partial charge in [0.25, 0.3) is 0 Å². The van der Waals surface area contributed by atoms with Crippen molar-refractivity contribution in [2.75, 3.05) is 20.2 Å².